The molecular formula is C11H20N2O4S3. The van der Waals surface area contributed by atoms with Crippen LogP contribution in [-0.2, 0) is 26.4 Å². The van der Waals surface area contributed by atoms with Crippen LogP contribution in [0.5, 0.6) is 0 Å². The fourth-order valence-corrected chi connectivity index (χ4v) is 5.34. The van der Waals surface area contributed by atoms with E-state index < -0.39 is 19.9 Å². The number of hydrogen-bond acceptors (Lipinski definition) is 6. The summed E-state index contributed by atoms with van der Waals surface area (Å²) in [5, 5.41) is 4.73. The number of nitrogens with zero attached hydrogens (tertiary/aromatic N) is 1. The van der Waals surface area contributed by atoms with Crippen LogP contribution in [0.25, 0.3) is 0 Å². The van der Waals surface area contributed by atoms with Crippen LogP contribution in [0.15, 0.2) is 10.3 Å². The van der Waals surface area contributed by atoms with Gasteiger partial charge in [-0.2, -0.15) is 4.31 Å². The van der Waals surface area contributed by atoms with Crippen LogP contribution in [0.4, 0.5) is 0 Å². The van der Waals surface area contributed by atoms with E-state index in [1.54, 1.807) is 19.4 Å². The number of hydrogen-bond donors (Lipinski definition) is 1. The Morgan fingerprint density at radius 1 is 1.30 bits per heavy atom. The maximum absolute atomic E-state index is 12.5. The number of thiophene rings is 1. The standard InChI is InChI=1S/C11H20N2O4S3/c1-9-8-18-10(7-12-2)11(9)20(16,17)13(3)5-6-19(4,14)15/h8,12H,5-7H2,1-4H3. The van der Waals surface area contributed by atoms with Crippen molar-refractivity contribution < 1.29 is 16.8 Å². The highest BCUT2D eigenvalue weighted by molar-refractivity contribution is 7.91. The Hall–Kier alpha value is -0.480. The first-order chi connectivity index (χ1) is 9.09. The number of sulfone groups is 1. The summed E-state index contributed by atoms with van der Waals surface area (Å²) < 4.78 is 48.5. The Labute approximate surface area is 124 Å². The fourth-order valence-electron chi connectivity index (χ4n) is 1.69. The van der Waals surface area contributed by atoms with Crippen molar-refractivity contribution in [1.82, 2.24) is 9.62 Å². The molecule has 0 spiro atoms. The second kappa shape index (κ2) is 6.52. The zero-order valence-corrected chi connectivity index (χ0v) is 14.5. The van der Waals surface area contributed by atoms with Crippen LogP contribution in [-0.4, -0.2) is 53.8 Å². The summed E-state index contributed by atoms with van der Waals surface area (Å²) in [5.41, 5.74) is 0.687. The quantitative estimate of drug-likeness (QED) is 0.779. The number of rotatable bonds is 7. The minimum atomic E-state index is -3.66. The van der Waals surface area contributed by atoms with Crippen LogP contribution in [0, 0.1) is 6.92 Å². The molecule has 0 saturated carbocycles. The van der Waals surface area contributed by atoms with E-state index >= 15 is 0 Å². The zero-order chi connectivity index (χ0) is 15.6. The maximum atomic E-state index is 12.5. The molecule has 0 bridgehead atoms. The van der Waals surface area contributed by atoms with Crippen LogP contribution < -0.4 is 5.32 Å². The Bertz CT molecular complexity index is 662. The second-order valence-corrected chi connectivity index (χ2v) is 9.86. The molecule has 0 radical (unpaired) electrons. The summed E-state index contributed by atoms with van der Waals surface area (Å²) in [5.74, 6) is -0.187. The molecule has 0 saturated heterocycles. The highest BCUT2D eigenvalue weighted by Gasteiger charge is 2.27. The molecule has 0 aliphatic rings. The van der Waals surface area contributed by atoms with Crippen molar-refractivity contribution >= 4 is 31.2 Å². The zero-order valence-electron chi connectivity index (χ0n) is 12.0. The Kier molecular flexibility index (Phi) is 5.73. The summed E-state index contributed by atoms with van der Waals surface area (Å²) in [6, 6.07) is 0. The lowest BCUT2D eigenvalue weighted by molar-refractivity contribution is 0.483. The molecule has 0 fully saturated rings. The molecule has 0 aromatic carbocycles. The summed E-state index contributed by atoms with van der Waals surface area (Å²) in [6.45, 7) is 2.16. The summed E-state index contributed by atoms with van der Waals surface area (Å²) in [6.07, 6.45) is 1.09. The van der Waals surface area contributed by atoms with Gasteiger partial charge in [0.1, 0.15) is 14.7 Å². The van der Waals surface area contributed by atoms with E-state index in [4.69, 9.17) is 0 Å². The van der Waals surface area contributed by atoms with Gasteiger partial charge in [0.15, 0.2) is 0 Å². The van der Waals surface area contributed by atoms with Crippen molar-refractivity contribution in [3.05, 3.63) is 15.8 Å². The van der Waals surface area contributed by atoms with Gasteiger partial charge in [-0.1, -0.05) is 0 Å². The Balaban J connectivity index is 3.07. The minimum absolute atomic E-state index is 0.0462. The molecule has 20 heavy (non-hydrogen) atoms. The van der Waals surface area contributed by atoms with E-state index in [2.05, 4.69) is 5.32 Å². The summed E-state index contributed by atoms with van der Waals surface area (Å²) in [7, 11) is -3.70. The van der Waals surface area contributed by atoms with Crippen molar-refractivity contribution in [3.8, 4) is 0 Å². The van der Waals surface area contributed by atoms with E-state index in [-0.39, 0.29) is 17.2 Å². The maximum Gasteiger partial charge on any atom is 0.244 e. The molecule has 9 heteroatoms. The first-order valence-electron chi connectivity index (χ1n) is 5.95. The van der Waals surface area contributed by atoms with Crippen LogP contribution in [0.2, 0.25) is 0 Å². The van der Waals surface area contributed by atoms with Crippen molar-refractivity contribution in [2.24, 2.45) is 0 Å². The SMILES string of the molecule is CNCc1scc(C)c1S(=O)(=O)N(C)CCS(C)(=O)=O. The molecule has 116 valence electrons. The third-order valence-corrected chi connectivity index (χ3v) is 7.02. The molecule has 1 N–H and O–H groups in total. The van der Waals surface area contributed by atoms with E-state index in [9.17, 15) is 16.8 Å². The highest BCUT2D eigenvalue weighted by atomic mass is 32.2. The van der Waals surface area contributed by atoms with Gasteiger partial charge >= 0.3 is 0 Å². The predicted molar refractivity (Wildman–Crippen MR) is 81.3 cm³/mol. The van der Waals surface area contributed by atoms with Crippen molar-refractivity contribution in [1.29, 1.82) is 0 Å². The van der Waals surface area contributed by atoms with Gasteiger partial charge in [0, 0.05) is 31.3 Å². The van der Waals surface area contributed by atoms with Crippen LogP contribution in [0.1, 0.15) is 10.4 Å². The lowest BCUT2D eigenvalue weighted by Crippen LogP contribution is -2.32. The van der Waals surface area contributed by atoms with Gasteiger partial charge in [0.25, 0.3) is 0 Å². The van der Waals surface area contributed by atoms with E-state index in [0.717, 1.165) is 15.4 Å². The van der Waals surface area contributed by atoms with Gasteiger partial charge < -0.3 is 5.32 Å². The topological polar surface area (TPSA) is 83.6 Å². The van der Waals surface area contributed by atoms with E-state index in [0.29, 0.717) is 12.1 Å². The monoisotopic (exact) mass is 340 g/mol. The van der Waals surface area contributed by atoms with Gasteiger partial charge in [-0.3, -0.25) is 0 Å². The van der Waals surface area contributed by atoms with Gasteiger partial charge in [0.05, 0.1) is 5.75 Å². The number of sulfonamides is 1. The average molecular weight is 340 g/mol. The highest BCUT2D eigenvalue weighted by Crippen LogP contribution is 2.28. The smallest absolute Gasteiger partial charge is 0.244 e. The molecule has 0 atom stereocenters. The third-order valence-electron chi connectivity index (χ3n) is 2.77. The minimum Gasteiger partial charge on any atom is -0.315 e. The van der Waals surface area contributed by atoms with Crippen molar-refractivity contribution in [3.63, 3.8) is 0 Å². The van der Waals surface area contributed by atoms with E-state index in [1.807, 2.05) is 0 Å². The van der Waals surface area contributed by atoms with E-state index in [1.165, 1.54) is 18.4 Å². The summed E-state index contributed by atoms with van der Waals surface area (Å²) in [4.78, 5) is 1.02. The lowest BCUT2D eigenvalue weighted by atomic mass is 10.3. The van der Waals surface area contributed by atoms with Crippen molar-refractivity contribution in [2.45, 2.75) is 18.4 Å². The van der Waals surface area contributed by atoms with Crippen molar-refractivity contribution in [2.75, 3.05) is 32.6 Å². The molecule has 1 rings (SSSR count). The Morgan fingerprint density at radius 3 is 2.40 bits per heavy atom. The van der Waals surface area contributed by atoms with Gasteiger partial charge in [-0.25, -0.2) is 16.8 Å². The molecule has 0 aliphatic carbocycles. The average Bonchev–Trinajstić information content (AvgIpc) is 2.67. The Morgan fingerprint density at radius 2 is 1.90 bits per heavy atom. The van der Waals surface area contributed by atoms with Crippen LogP contribution in [0.3, 0.4) is 0 Å². The van der Waals surface area contributed by atoms with Crippen LogP contribution >= 0.6 is 11.3 Å². The van der Waals surface area contributed by atoms with Gasteiger partial charge in [-0.05, 0) is 24.9 Å². The molecule has 1 aromatic heterocycles. The molecule has 0 amide bonds. The lowest BCUT2D eigenvalue weighted by Gasteiger charge is -2.18. The number of nitrogens with one attached hydrogen (secondary N) is 1. The van der Waals surface area contributed by atoms with Gasteiger partial charge in [-0.15, -0.1) is 11.3 Å². The molecule has 0 unspecified atom stereocenters. The summed E-state index contributed by atoms with van der Waals surface area (Å²) >= 11 is 1.38. The van der Waals surface area contributed by atoms with Gasteiger partial charge in [0.2, 0.25) is 10.0 Å². The third kappa shape index (κ3) is 4.26. The first-order valence-corrected chi connectivity index (χ1v) is 10.3. The number of aryl methyl sites for hydroxylation is 1. The first kappa shape index (κ1) is 17.6. The molecule has 1 aromatic rings. The molecule has 0 aliphatic heterocycles. The largest absolute Gasteiger partial charge is 0.315 e. The molecule has 1 heterocycles. The molecular weight excluding hydrogens is 320 g/mol. The second-order valence-electron chi connectivity index (χ2n) is 4.66. The predicted octanol–water partition coefficient (Wildman–Crippen LogP) is 0.441. The fraction of sp³-hybridized carbons (Fsp3) is 0.636. The normalized spacial score (nSPS) is 13.1. The molecule has 6 nitrogen and oxygen atoms in total.